The molecule has 0 radical (unpaired) electrons. The van der Waals surface area contributed by atoms with E-state index in [9.17, 15) is 4.79 Å². The highest BCUT2D eigenvalue weighted by molar-refractivity contribution is 5.69. The van der Waals surface area contributed by atoms with Crippen molar-refractivity contribution in [3.05, 3.63) is 77.9 Å². The van der Waals surface area contributed by atoms with Crippen LogP contribution in [0, 0.1) is 0 Å². The summed E-state index contributed by atoms with van der Waals surface area (Å²) in [5.74, 6) is 1.21. The lowest BCUT2D eigenvalue weighted by atomic mass is 10.1. The molecule has 4 rings (SSSR count). The van der Waals surface area contributed by atoms with Gasteiger partial charge in [-0.05, 0) is 55.7 Å². The summed E-state index contributed by atoms with van der Waals surface area (Å²) in [5.41, 5.74) is 9.92. The van der Waals surface area contributed by atoms with Gasteiger partial charge in [-0.15, -0.1) is 0 Å². The van der Waals surface area contributed by atoms with Crippen LogP contribution in [0.4, 0.5) is 5.82 Å². The maximum Gasteiger partial charge on any atom is 0.224 e. The third-order valence-electron chi connectivity index (χ3n) is 6.19. The van der Waals surface area contributed by atoms with E-state index in [2.05, 4.69) is 45.2 Å². The van der Waals surface area contributed by atoms with Crippen LogP contribution >= 0.6 is 0 Å². The molecule has 0 bridgehead atoms. The summed E-state index contributed by atoms with van der Waals surface area (Å²) in [6, 6.07) is 22.2. The second-order valence-corrected chi connectivity index (χ2v) is 9.18. The number of hydrogen-bond acceptors (Lipinski definition) is 6. The van der Waals surface area contributed by atoms with E-state index in [1.807, 2.05) is 44.2 Å². The second kappa shape index (κ2) is 11.8. The third kappa shape index (κ3) is 6.81. The van der Waals surface area contributed by atoms with Crippen molar-refractivity contribution >= 4 is 12.2 Å². The van der Waals surface area contributed by atoms with Crippen molar-refractivity contribution in [3.63, 3.8) is 0 Å². The molecule has 2 heterocycles. The first kappa shape index (κ1) is 24.7. The summed E-state index contributed by atoms with van der Waals surface area (Å²) in [6.07, 6.45) is 1.98. The van der Waals surface area contributed by atoms with Crippen LogP contribution in [0.1, 0.15) is 25.0 Å². The average molecular weight is 474 g/mol. The van der Waals surface area contributed by atoms with E-state index in [0.717, 1.165) is 68.1 Å². The molecule has 0 unspecified atom stereocenters. The molecule has 0 atom stereocenters. The monoisotopic (exact) mass is 473 g/mol. The summed E-state index contributed by atoms with van der Waals surface area (Å²) >= 11 is 0. The number of aromatic nitrogens is 1. The van der Waals surface area contributed by atoms with Gasteiger partial charge in [0.15, 0.2) is 0 Å². The van der Waals surface area contributed by atoms with Gasteiger partial charge in [0.2, 0.25) is 6.41 Å². The Morgan fingerprint density at radius 1 is 1.00 bits per heavy atom. The number of hydrogen-bond donors (Lipinski definition) is 1. The molecule has 1 aromatic heterocycles. The number of nitrogen functional groups attached to an aromatic ring is 1. The van der Waals surface area contributed by atoms with Gasteiger partial charge < -0.3 is 15.4 Å². The maximum absolute atomic E-state index is 12.0. The highest BCUT2D eigenvalue weighted by Crippen LogP contribution is 2.31. The Labute approximate surface area is 208 Å². The number of anilines is 1. The zero-order valence-corrected chi connectivity index (χ0v) is 20.6. The number of piperazine rings is 1. The van der Waals surface area contributed by atoms with Gasteiger partial charge in [0.1, 0.15) is 11.6 Å². The molecule has 1 amide bonds. The molecule has 7 nitrogen and oxygen atoms in total. The first-order valence-electron chi connectivity index (χ1n) is 12.3. The molecule has 1 aliphatic heterocycles. The lowest BCUT2D eigenvalue weighted by Gasteiger charge is -2.39. The number of nitrogens with zero attached hydrogens (tertiary/aromatic N) is 4. The Hall–Kier alpha value is -3.42. The molecule has 1 saturated heterocycles. The normalized spacial score (nSPS) is 14.7. The minimum Gasteiger partial charge on any atom is -0.490 e. The zero-order chi connectivity index (χ0) is 24.6. The summed E-state index contributed by atoms with van der Waals surface area (Å²) in [7, 11) is 0. The number of hydrazine groups is 1. The van der Waals surface area contributed by atoms with Crippen LogP contribution in [0.5, 0.6) is 5.75 Å². The van der Waals surface area contributed by atoms with E-state index in [0.29, 0.717) is 12.4 Å². The van der Waals surface area contributed by atoms with Crippen LogP contribution in [-0.2, 0) is 17.8 Å². The molecule has 0 aliphatic carbocycles. The molecule has 7 heteroatoms. The molecule has 35 heavy (non-hydrogen) atoms. The number of benzene rings is 2. The minimum atomic E-state index is 0.0104. The SMILES string of the molecule is CC(C)Oc1cc(CN(C=O)N2CCN(CCc3ccccc3)CC2)ccc1-c1cccc(N)n1. The third-order valence-corrected chi connectivity index (χ3v) is 6.19. The predicted octanol–water partition coefficient (Wildman–Crippen LogP) is 3.85. The molecule has 2 N–H and O–H groups in total. The van der Waals surface area contributed by atoms with E-state index in [4.69, 9.17) is 10.5 Å². The molecule has 3 aromatic rings. The van der Waals surface area contributed by atoms with Crippen molar-refractivity contribution in [2.24, 2.45) is 0 Å². The summed E-state index contributed by atoms with van der Waals surface area (Å²) in [4.78, 5) is 18.9. The fourth-order valence-corrected chi connectivity index (χ4v) is 4.37. The van der Waals surface area contributed by atoms with E-state index in [1.54, 1.807) is 11.1 Å². The smallest absolute Gasteiger partial charge is 0.224 e. The van der Waals surface area contributed by atoms with Crippen LogP contribution < -0.4 is 10.5 Å². The molecule has 2 aromatic carbocycles. The van der Waals surface area contributed by atoms with E-state index < -0.39 is 0 Å². The molecular weight excluding hydrogens is 438 g/mol. The topological polar surface area (TPSA) is 74.9 Å². The van der Waals surface area contributed by atoms with Gasteiger partial charge in [-0.2, -0.15) is 0 Å². The largest absolute Gasteiger partial charge is 0.490 e. The Morgan fingerprint density at radius 2 is 1.77 bits per heavy atom. The number of rotatable bonds is 10. The van der Waals surface area contributed by atoms with Crippen LogP contribution in [0.25, 0.3) is 11.3 Å². The van der Waals surface area contributed by atoms with Crippen molar-refractivity contribution in [2.75, 3.05) is 38.5 Å². The van der Waals surface area contributed by atoms with E-state index in [-0.39, 0.29) is 6.10 Å². The van der Waals surface area contributed by atoms with Gasteiger partial charge in [-0.1, -0.05) is 42.5 Å². The number of pyridine rings is 1. The molecule has 184 valence electrons. The molecular formula is C28H35N5O2. The molecule has 0 spiro atoms. The zero-order valence-electron chi connectivity index (χ0n) is 20.6. The van der Waals surface area contributed by atoms with Gasteiger partial charge in [-0.25, -0.2) is 9.99 Å². The van der Waals surface area contributed by atoms with E-state index >= 15 is 0 Å². The number of carbonyl (C=O) groups is 1. The number of nitrogens with two attached hydrogens (primary N) is 1. The Balaban J connectivity index is 1.39. The van der Waals surface area contributed by atoms with Crippen LogP contribution in [0.2, 0.25) is 0 Å². The van der Waals surface area contributed by atoms with Gasteiger partial charge >= 0.3 is 0 Å². The van der Waals surface area contributed by atoms with Gasteiger partial charge in [0.25, 0.3) is 0 Å². The van der Waals surface area contributed by atoms with E-state index in [1.165, 1.54) is 5.56 Å². The van der Waals surface area contributed by atoms with Gasteiger partial charge in [0.05, 0.1) is 18.3 Å². The Kier molecular flexibility index (Phi) is 8.34. The van der Waals surface area contributed by atoms with Crippen molar-refractivity contribution in [1.82, 2.24) is 19.9 Å². The highest BCUT2D eigenvalue weighted by atomic mass is 16.5. The highest BCUT2D eigenvalue weighted by Gasteiger charge is 2.22. The first-order chi connectivity index (χ1) is 17.0. The van der Waals surface area contributed by atoms with Crippen molar-refractivity contribution in [1.29, 1.82) is 0 Å². The lowest BCUT2D eigenvalue weighted by Crippen LogP contribution is -2.53. The maximum atomic E-state index is 12.0. The van der Waals surface area contributed by atoms with Crippen LogP contribution in [-0.4, -0.2) is 65.1 Å². The summed E-state index contributed by atoms with van der Waals surface area (Å²) in [6.45, 7) is 9.07. The van der Waals surface area contributed by atoms with Crippen molar-refractivity contribution < 1.29 is 9.53 Å². The van der Waals surface area contributed by atoms with Crippen molar-refractivity contribution in [3.8, 4) is 17.0 Å². The van der Waals surface area contributed by atoms with Gasteiger partial charge in [-0.3, -0.25) is 9.80 Å². The number of carbonyl (C=O) groups excluding carboxylic acids is 1. The minimum absolute atomic E-state index is 0.0104. The second-order valence-electron chi connectivity index (χ2n) is 9.18. The number of amides is 1. The number of ether oxygens (including phenoxy) is 1. The Morgan fingerprint density at radius 3 is 2.46 bits per heavy atom. The standard InChI is InChI=1S/C28H35N5O2/c1-22(2)35-27-19-24(11-12-25(27)26-9-6-10-28(29)30-26)20-33(21-34)32-17-15-31(16-18-32)14-13-23-7-4-3-5-8-23/h3-12,19,21-22H,13-18,20H2,1-2H3,(H2,29,30). The van der Waals surface area contributed by atoms with Gasteiger partial charge in [0, 0.05) is 38.3 Å². The predicted molar refractivity (Wildman–Crippen MR) is 140 cm³/mol. The summed E-state index contributed by atoms with van der Waals surface area (Å²) < 4.78 is 6.11. The first-order valence-corrected chi connectivity index (χ1v) is 12.3. The molecule has 1 aliphatic rings. The fourth-order valence-electron chi connectivity index (χ4n) is 4.37. The lowest BCUT2D eigenvalue weighted by molar-refractivity contribution is -0.139. The average Bonchev–Trinajstić information content (AvgIpc) is 2.87. The molecule has 0 saturated carbocycles. The quantitative estimate of drug-likeness (QED) is 0.451. The van der Waals surface area contributed by atoms with Crippen LogP contribution in [0.3, 0.4) is 0 Å². The molecule has 1 fully saturated rings. The van der Waals surface area contributed by atoms with Crippen molar-refractivity contribution in [2.45, 2.75) is 32.9 Å². The Bertz CT molecular complexity index is 1100. The van der Waals surface area contributed by atoms with Crippen LogP contribution in [0.15, 0.2) is 66.7 Å². The fraction of sp³-hybridized carbons (Fsp3) is 0.357. The summed E-state index contributed by atoms with van der Waals surface area (Å²) in [5, 5.41) is 3.92.